The third-order valence-corrected chi connectivity index (χ3v) is 5.22. The lowest BCUT2D eigenvalue weighted by atomic mass is 10.1. The van der Waals surface area contributed by atoms with Crippen LogP contribution in [0.4, 0.5) is 26.1 Å². The highest BCUT2D eigenvalue weighted by Gasteiger charge is 2.28. The molecular formula is C23H25F2N7O. The fourth-order valence-corrected chi connectivity index (χ4v) is 3.67. The Balaban J connectivity index is 1.64. The van der Waals surface area contributed by atoms with Crippen LogP contribution >= 0.6 is 0 Å². The van der Waals surface area contributed by atoms with Crippen LogP contribution in [0.25, 0.3) is 11.3 Å². The Morgan fingerprint density at radius 3 is 2.55 bits per heavy atom. The van der Waals surface area contributed by atoms with Crippen LogP contribution in [0.5, 0.6) is 0 Å². The maximum absolute atomic E-state index is 13.7. The Morgan fingerprint density at radius 1 is 1.09 bits per heavy atom. The number of carbonyl (C=O) groups excluding carboxylic acids is 1. The predicted octanol–water partition coefficient (Wildman–Crippen LogP) is 4.34. The van der Waals surface area contributed by atoms with E-state index >= 15 is 0 Å². The first-order valence-electron chi connectivity index (χ1n) is 10.7. The molecule has 3 aromatic rings. The number of carbonyl (C=O) groups is 1. The van der Waals surface area contributed by atoms with E-state index < -0.39 is 11.7 Å². The normalized spacial score (nSPS) is 14.3. The van der Waals surface area contributed by atoms with Gasteiger partial charge in [-0.2, -0.15) is 8.78 Å². The molecule has 3 aromatic heterocycles. The number of alkyl halides is 2. The first-order chi connectivity index (χ1) is 15.8. The molecule has 1 amide bonds. The van der Waals surface area contributed by atoms with Crippen LogP contribution < -0.4 is 10.6 Å². The molecule has 172 valence electrons. The van der Waals surface area contributed by atoms with Gasteiger partial charge in [-0.3, -0.25) is 14.7 Å². The third-order valence-electron chi connectivity index (χ3n) is 5.22. The molecule has 1 fully saturated rings. The lowest BCUT2D eigenvalue weighted by Gasteiger charge is -2.16. The third kappa shape index (κ3) is 5.83. The van der Waals surface area contributed by atoms with Crippen molar-refractivity contribution in [1.29, 1.82) is 0 Å². The van der Waals surface area contributed by atoms with E-state index in [1.807, 2.05) is 18.3 Å². The van der Waals surface area contributed by atoms with Crippen LogP contribution in [0.1, 0.15) is 38.1 Å². The fourth-order valence-electron chi connectivity index (χ4n) is 3.67. The van der Waals surface area contributed by atoms with Gasteiger partial charge in [-0.1, -0.05) is 6.07 Å². The Labute approximate surface area is 190 Å². The second kappa shape index (κ2) is 9.53. The van der Waals surface area contributed by atoms with Crippen LogP contribution in [-0.4, -0.2) is 43.8 Å². The molecule has 0 radical (unpaired) electrons. The van der Waals surface area contributed by atoms with E-state index in [0.717, 1.165) is 32.1 Å². The molecule has 0 spiro atoms. The van der Waals surface area contributed by atoms with Crippen LogP contribution in [0.15, 0.2) is 42.9 Å². The van der Waals surface area contributed by atoms with Crippen LogP contribution in [0.3, 0.4) is 0 Å². The van der Waals surface area contributed by atoms with Crippen molar-refractivity contribution in [2.75, 3.05) is 23.7 Å². The van der Waals surface area contributed by atoms with Crippen molar-refractivity contribution in [3.8, 4) is 11.3 Å². The summed E-state index contributed by atoms with van der Waals surface area (Å²) in [4.78, 5) is 30.3. The van der Waals surface area contributed by atoms with Crippen molar-refractivity contribution in [3.63, 3.8) is 0 Å². The van der Waals surface area contributed by atoms with Gasteiger partial charge in [0.25, 0.3) is 0 Å². The summed E-state index contributed by atoms with van der Waals surface area (Å²) in [6.45, 7) is 5.17. The molecule has 4 heterocycles. The average Bonchev–Trinajstić information content (AvgIpc) is 3.27. The molecule has 0 atom stereocenters. The summed E-state index contributed by atoms with van der Waals surface area (Å²) >= 11 is 0. The summed E-state index contributed by atoms with van der Waals surface area (Å²) in [6.07, 6.45) is 7.12. The fraction of sp³-hybridized carbons (Fsp3) is 0.348. The Kier molecular flexibility index (Phi) is 6.55. The molecule has 4 rings (SSSR count). The number of nitrogens with one attached hydrogen (secondary N) is 2. The highest BCUT2D eigenvalue weighted by atomic mass is 19.3. The van der Waals surface area contributed by atoms with Crippen molar-refractivity contribution >= 4 is 23.2 Å². The van der Waals surface area contributed by atoms with E-state index in [4.69, 9.17) is 0 Å². The van der Waals surface area contributed by atoms with Crippen molar-refractivity contribution in [1.82, 2.24) is 24.8 Å². The molecule has 0 aromatic carbocycles. The van der Waals surface area contributed by atoms with Crippen molar-refractivity contribution in [2.45, 2.75) is 39.2 Å². The monoisotopic (exact) mass is 453 g/mol. The van der Waals surface area contributed by atoms with Gasteiger partial charge < -0.3 is 10.6 Å². The maximum atomic E-state index is 13.7. The molecular weight excluding hydrogens is 428 g/mol. The highest BCUT2D eigenvalue weighted by molar-refractivity contribution is 5.89. The van der Waals surface area contributed by atoms with E-state index in [0.29, 0.717) is 22.8 Å². The van der Waals surface area contributed by atoms with Gasteiger partial charge in [-0.25, -0.2) is 15.0 Å². The number of amides is 1. The molecule has 0 aliphatic carbocycles. The summed E-state index contributed by atoms with van der Waals surface area (Å²) in [5, 5.41) is 5.67. The molecule has 33 heavy (non-hydrogen) atoms. The lowest BCUT2D eigenvalue weighted by Crippen LogP contribution is -2.18. The zero-order valence-corrected chi connectivity index (χ0v) is 18.5. The lowest BCUT2D eigenvalue weighted by molar-refractivity contribution is -0.114. The topological polar surface area (TPSA) is 95.9 Å². The Hall–Kier alpha value is -3.53. The first-order valence-corrected chi connectivity index (χ1v) is 10.7. The zero-order valence-electron chi connectivity index (χ0n) is 18.5. The number of hydrogen-bond donors (Lipinski definition) is 2. The largest absolute Gasteiger partial charge is 0.339 e. The molecule has 1 aliphatic heterocycles. The van der Waals surface area contributed by atoms with Gasteiger partial charge in [0.1, 0.15) is 11.6 Å². The number of pyridine rings is 2. The molecule has 8 nitrogen and oxygen atoms in total. The number of hydrogen-bond acceptors (Lipinski definition) is 7. The molecule has 1 aliphatic rings. The highest BCUT2D eigenvalue weighted by Crippen LogP contribution is 2.31. The predicted molar refractivity (Wildman–Crippen MR) is 121 cm³/mol. The number of rotatable bonds is 7. The van der Waals surface area contributed by atoms with Gasteiger partial charge in [0.15, 0.2) is 0 Å². The summed E-state index contributed by atoms with van der Waals surface area (Å²) in [5.41, 5.74) is 2.92. The molecule has 1 saturated heterocycles. The standard InChI is InChI=1S/C23H25F2N7O/c1-15(33)29-21-11-19(30-20-7-8-26-22(31-20)23(2,24)25)17(13-28-21)18-6-5-16(12-27-18)14-32-9-3-4-10-32/h5-8,11-13H,3-4,9-10,14H2,1-2H3,(H2,26,28,29,30,31,33). The van der Waals surface area contributed by atoms with Crippen LogP contribution in [0.2, 0.25) is 0 Å². The molecule has 0 unspecified atom stereocenters. The number of aromatic nitrogens is 4. The zero-order chi connectivity index (χ0) is 23.4. The number of likely N-dealkylation sites (tertiary alicyclic amines) is 1. The van der Waals surface area contributed by atoms with Gasteiger partial charge >= 0.3 is 5.92 Å². The van der Waals surface area contributed by atoms with Crippen molar-refractivity contribution in [2.24, 2.45) is 0 Å². The average molecular weight is 453 g/mol. The second-order valence-corrected chi connectivity index (χ2v) is 8.11. The Morgan fingerprint density at radius 2 is 1.88 bits per heavy atom. The van der Waals surface area contributed by atoms with Gasteiger partial charge in [-0.05, 0) is 43.6 Å². The quantitative estimate of drug-likeness (QED) is 0.549. The van der Waals surface area contributed by atoms with Crippen molar-refractivity contribution < 1.29 is 13.6 Å². The second-order valence-electron chi connectivity index (χ2n) is 8.11. The number of nitrogens with zero attached hydrogens (tertiary/aromatic N) is 5. The van der Waals surface area contributed by atoms with E-state index in [2.05, 4.69) is 35.5 Å². The number of anilines is 3. The maximum Gasteiger partial charge on any atom is 0.303 e. The van der Waals surface area contributed by atoms with Gasteiger partial charge in [0.05, 0.1) is 11.4 Å². The van der Waals surface area contributed by atoms with E-state index in [-0.39, 0.29) is 11.7 Å². The van der Waals surface area contributed by atoms with E-state index in [1.54, 1.807) is 12.3 Å². The first kappa shape index (κ1) is 22.7. The molecule has 0 bridgehead atoms. The van der Waals surface area contributed by atoms with Gasteiger partial charge in [-0.15, -0.1) is 0 Å². The summed E-state index contributed by atoms with van der Waals surface area (Å²) in [7, 11) is 0. The van der Waals surface area contributed by atoms with E-state index in [1.165, 1.54) is 32.0 Å². The summed E-state index contributed by atoms with van der Waals surface area (Å²) in [5.74, 6) is -3.54. The molecule has 10 heteroatoms. The number of halogens is 2. The van der Waals surface area contributed by atoms with Gasteiger partial charge in [0, 0.05) is 50.6 Å². The van der Waals surface area contributed by atoms with Gasteiger partial charge in [0.2, 0.25) is 11.7 Å². The summed E-state index contributed by atoms with van der Waals surface area (Å²) < 4.78 is 27.4. The Bertz CT molecular complexity index is 1130. The SMILES string of the molecule is CC(=O)Nc1cc(Nc2ccnc(C(C)(F)F)n2)c(-c2ccc(CN3CCCC3)cn2)cn1. The molecule has 0 saturated carbocycles. The summed E-state index contributed by atoms with van der Waals surface area (Å²) in [6, 6.07) is 7.02. The van der Waals surface area contributed by atoms with Crippen LogP contribution in [0, 0.1) is 0 Å². The van der Waals surface area contributed by atoms with E-state index in [9.17, 15) is 13.6 Å². The minimum Gasteiger partial charge on any atom is -0.339 e. The smallest absolute Gasteiger partial charge is 0.303 e. The minimum absolute atomic E-state index is 0.188. The minimum atomic E-state index is -3.17. The molecule has 2 N–H and O–H groups in total. The van der Waals surface area contributed by atoms with Crippen molar-refractivity contribution in [3.05, 3.63) is 54.2 Å². The van der Waals surface area contributed by atoms with Crippen LogP contribution in [-0.2, 0) is 17.3 Å².